The third-order valence-electron chi connectivity index (χ3n) is 7.76. The lowest BCUT2D eigenvalue weighted by Crippen LogP contribution is -2.00. The SMILES string of the molecule is c1ccc(-c2nc(-c3ccccc3)nc(-c3ccc(-c4ccccc4)c4c3sc3c(-c5ccccc5)cccc34)n2)cc1. The van der Waals surface area contributed by atoms with Crippen LogP contribution in [0.5, 0.6) is 0 Å². The summed E-state index contributed by atoms with van der Waals surface area (Å²) < 4.78 is 2.43. The molecular weight excluding hydrogens is 543 g/mol. The average Bonchev–Trinajstić information content (AvgIpc) is 3.49. The number of fused-ring (bicyclic) bond motifs is 3. The Kier molecular flexibility index (Phi) is 6.32. The fourth-order valence-corrected chi connectivity index (χ4v) is 7.08. The van der Waals surface area contributed by atoms with Crippen molar-refractivity contribution in [3.63, 3.8) is 0 Å². The fraction of sp³-hybridized carbons (Fsp3) is 0. The van der Waals surface area contributed by atoms with Crippen LogP contribution in [0.4, 0.5) is 0 Å². The first-order chi connectivity index (χ1) is 21.3. The normalized spacial score (nSPS) is 11.3. The molecule has 0 spiro atoms. The van der Waals surface area contributed by atoms with Gasteiger partial charge in [-0.25, -0.2) is 15.0 Å². The maximum Gasteiger partial charge on any atom is 0.165 e. The standard InChI is InChI=1S/C39H25N3S/c1-5-14-26(15-6-1)30-24-25-33(36-34(30)32-23-13-22-31(35(32)43-36)27-16-7-2-8-17-27)39-41-37(28-18-9-3-10-19-28)40-38(42-39)29-20-11-4-12-21-29/h1-25H. The maximum absolute atomic E-state index is 5.09. The molecule has 0 radical (unpaired) electrons. The van der Waals surface area contributed by atoms with E-state index in [1.165, 1.54) is 42.4 Å². The molecule has 0 bridgehead atoms. The molecule has 0 saturated heterocycles. The van der Waals surface area contributed by atoms with Crippen LogP contribution in [-0.2, 0) is 0 Å². The Morgan fingerprint density at radius 3 is 1.35 bits per heavy atom. The zero-order valence-corrected chi connectivity index (χ0v) is 24.0. The number of hydrogen-bond acceptors (Lipinski definition) is 4. The Labute approximate surface area is 253 Å². The third kappa shape index (κ3) is 4.58. The van der Waals surface area contributed by atoms with Crippen LogP contribution in [-0.4, -0.2) is 15.0 Å². The van der Waals surface area contributed by atoms with Crippen LogP contribution >= 0.6 is 11.3 Å². The van der Waals surface area contributed by atoms with E-state index in [0.29, 0.717) is 17.5 Å². The van der Waals surface area contributed by atoms with Crippen LogP contribution in [0.25, 0.3) is 76.6 Å². The van der Waals surface area contributed by atoms with Crippen molar-refractivity contribution in [3.05, 3.63) is 152 Å². The van der Waals surface area contributed by atoms with Gasteiger partial charge in [-0.1, -0.05) is 146 Å². The first-order valence-corrected chi connectivity index (χ1v) is 15.1. The summed E-state index contributed by atoms with van der Waals surface area (Å²) in [6.45, 7) is 0. The molecule has 0 aliphatic heterocycles. The number of benzene rings is 6. The van der Waals surface area contributed by atoms with Crippen LogP contribution in [0.3, 0.4) is 0 Å². The summed E-state index contributed by atoms with van der Waals surface area (Å²) in [7, 11) is 0. The first kappa shape index (κ1) is 25.3. The molecule has 0 atom stereocenters. The predicted molar refractivity (Wildman–Crippen MR) is 180 cm³/mol. The summed E-state index contributed by atoms with van der Waals surface area (Å²) in [5.74, 6) is 2.00. The molecule has 2 heterocycles. The Hall–Kier alpha value is -5.45. The van der Waals surface area contributed by atoms with Gasteiger partial charge in [0.1, 0.15) is 0 Å². The summed E-state index contributed by atoms with van der Waals surface area (Å²) in [6.07, 6.45) is 0. The van der Waals surface area contributed by atoms with E-state index in [-0.39, 0.29) is 0 Å². The van der Waals surface area contributed by atoms with E-state index in [1.807, 2.05) is 72.0 Å². The van der Waals surface area contributed by atoms with Crippen LogP contribution in [0.2, 0.25) is 0 Å². The van der Waals surface area contributed by atoms with E-state index in [1.54, 1.807) is 0 Å². The minimum atomic E-state index is 0.663. The van der Waals surface area contributed by atoms with Gasteiger partial charge in [-0.3, -0.25) is 0 Å². The highest BCUT2D eigenvalue weighted by atomic mass is 32.1. The fourth-order valence-electron chi connectivity index (χ4n) is 5.71. The van der Waals surface area contributed by atoms with Gasteiger partial charge in [0.2, 0.25) is 0 Å². The monoisotopic (exact) mass is 567 g/mol. The molecule has 8 aromatic rings. The van der Waals surface area contributed by atoms with E-state index < -0.39 is 0 Å². The highest BCUT2D eigenvalue weighted by Crippen LogP contribution is 2.47. The second-order valence-corrected chi connectivity index (χ2v) is 11.4. The molecule has 0 fully saturated rings. The summed E-state index contributed by atoms with van der Waals surface area (Å²) in [5.41, 5.74) is 7.76. The van der Waals surface area contributed by atoms with Crippen molar-refractivity contribution in [2.75, 3.05) is 0 Å². The molecule has 0 aliphatic carbocycles. The van der Waals surface area contributed by atoms with Gasteiger partial charge in [-0.2, -0.15) is 0 Å². The highest BCUT2D eigenvalue weighted by Gasteiger charge is 2.20. The van der Waals surface area contributed by atoms with Crippen molar-refractivity contribution in [1.82, 2.24) is 15.0 Å². The summed E-state index contributed by atoms with van der Waals surface area (Å²) in [6, 6.07) is 52.6. The molecule has 202 valence electrons. The molecule has 0 amide bonds. The maximum atomic E-state index is 5.09. The molecule has 0 unspecified atom stereocenters. The lowest BCUT2D eigenvalue weighted by Gasteiger charge is -2.11. The Morgan fingerprint density at radius 1 is 0.326 bits per heavy atom. The van der Waals surface area contributed by atoms with Crippen molar-refractivity contribution in [3.8, 4) is 56.4 Å². The summed E-state index contributed by atoms with van der Waals surface area (Å²) in [5, 5.41) is 2.46. The largest absolute Gasteiger partial charge is 0.208 e. The van der Waals surface area contributed by atoms with Crippen molar-refractivity contribution in [1.29, 1.82) is 0 Å². The lowest BCUT2D eigenvalue weighted by atomic mass is 9.95. The average molecular weight is 568 g/mol. The molecule has 0 N–H and O–H groups in total. The lowest BCUT2D eigenvalue weighted by molar-refractivity contribution is 1.08. The van der Waals surface area contributed by atoms with Crippen molar-refractivity contribution in [2.24, 2.45) is 0 Å². The van der Waals surface area contributed by atoms with E-state index in [2.05, 4.69) is 91.0 Å². The minimum absolute atomic E-state index is 0.663. The van der Waals surface area contributed by atoms with Gasteiger partial charge >= 0.3 is 0 Å². The van der Waals surface area contributed by atoms with Crippen molar-refractivity contribution in [2.45, 2.75) is 0 Å². The molecule has 6 aromatic carbocycles. The second-order valence-electron chi connectivity index (χ2n) is 10.4. The smallest absolute Gasteiger partial charge is 0.165 e. The zero-order valence-electron chi connectivity index (χ0n) is 23.2. The Morgan fingerprint density at radius 2 is 0.791 bits per heavy atom. The molecule has 2 aromatic heterocycles. The quantitative estimate of drug-likeness (QED) is 0.208. The molecule has 0 saturated carbocycles. The molecule has 3 nitrogen and oxygen atoms in total. The number of nitrogens with zero attached hydrogens (tertiary/aromatic N) is 3. The van der Waals surface area contributed by atoms with Crippen LogP contribution in [0, 0.1) is 0 Å². The predicted octanol–water partition coefficient (Wildman–Crippen LogP) is 10.6. The van der Waals surface area contributed by atoms with Gasteiger partial charge in [0, 0.05) is 36.9 Å². The number of thiophene rings is 1. The van der Waals surface area contributed by atoms with Crippen molar-refractivity contribution >= 4 is 31.5 Å². The second kappa shape index (κ2) is 10.8. The van der Waals surface area contributed by atoms with Crippen LogP contribution in [0.1, 0.15) is 0 Å². The first-order valence-electron chi connectivity index (χ1n) is 14.3. The summed E-state index contributed by atoms with van der Waals surface area (Å²) in [4.78, 5) is 15.1. The molecule has 8 rings (SSSR count). The molecule has 4 heteroatoms. The zero-order chi connectivity index (χ0) is 28.6. The van der Waals surface area contributed by atoms with E-state index in [0.717, 1.165) is 16.7 Å². The molecular formula is C39H25N3S. The third-order valence-corrected chi connectivity index (χ3v) is 9.03. The van der Waals surface area contributed by atoms with Gasteiger partial charge in [0.05, 0.1) is 0 Å². The van der Waals surface area contributed by atoms with E-state index >= 15 is 0 Å². The number of aromatic nitrogens is 3. The van der Waals surface area contributed by atoms with E-state index in [9.17, 15) is 0 Å². The number of rotatable bonds is 5. The van der Waals surface area contributed by atoms with Gasteiger partial charge in [0.15, 0.2) is 17.5 Å². The van der Waals surface area contributed by atoms with Crippen molar-refractivity contribution < 1.29 is 0 Å². The van der Waals surface area contributed by atoms with Gasteiger partial charge in [-0.15, -0.1) is 11.3 Å². The number of hydrogen-bond donors (Lipinski definition) is 0. The molecule has 0 aliphatic rings. The van der Waals surface area contributed by atoms with Gasteiger partial charge < -0.3 is 0 Å². The van der Waals surface area contributed by atoms with Crippen LogP contribution in [0.15, 0.2) is 152 Å². The highest BCUT2D eigenvalue weighted by molar-refractivity contribution is 7.27. The van der Waals surface area contributed by atoms with Crippen LogP contribution < -0.4 is 0 Å². The molecule has 43 heavy (non-hydrogen) atoms. The topological polar surface area (TPSA) is 38.7 Å². The minimum Gasteiger partial charge on any atom is -0.208 e. The van der Waals surface area contributed by atoms with E-state index in [4.69, 9.17) is 15.0 Å². The van der Waals surface area contributed by atoms with Gasteiger partial charge in [0.25, 0.3) is 0 Å². The Balaban J connectivity index is 1.45. The Bertz CT molecular complexity index is 2150. The van der Waals surface area contributed by atoms with Gasteiger partial charge in [-0.05, 0) is 28.3 Å². The summed E-state index contributed by atoms with van der Waals surface area (Å²) >= 11 is 1.82.